The van der Waals surface area contributed by atoms with Gasteiger partial charge in [0.15, 0.2) is 5.13 Å². The molecule has 0 saturated carbocycles. The van der Waals surface area contributed by atoms with E-state index in [4.69, 9.17) is 5.73 Å². The van der Waals surface area contributed by atoms with Gasteiger partial charge in [0.25, 0.3) is 0 Å². The van der Waals surface area contributed by atoms with Crippen LogP contribution in [0.4, 0.5) is 10.1 Å². The first-order chi connectivity index (χ1) is 7.05. The molecule has 3 N–H and O–H groups in total. The second-order valence-electron chi connectivity index (χ2n) is 3.64. The van der Waals surface area contributed by atoms with Crippen molar-refractivity contribution in [1.29, 1.82) is 0 Å². The molecule has 7 heteroatoms. The summed E-state index contributed by atoms with van der Waals surface area (Å²) in [6.07, 6.45) is 2.91. The second kappa shape index (κ2) is 3.97. The summed E-state index contributed by atoms with van der Waals surface area (Å²) in [6, 6.07) is 0.207. The van der Waals surface area contributed by atoms with E-state index in [1.165, 1.54) is 11.3 Å². The fraction of sp³-hybridized carbons (Fsp3) is 0.625. The predicted octanol–water partition coefficient (Wildman–Crippen LogP) is 0.714. The van der Waals surface area contributed by atoms with Crippen LogP contribution in [0, 0.1) is 0 Å². The SMILES string of the molecule is Nc1cnc(NC2CCS(=O)(=O)CC2)s1. The van der Waals surface area contributed by atoms with Crippen LogP contribution in [0.1, 0.15) is 12.8 Å². The number of sulfone groups is 1. The minimum atomic E-state index is -2.78. The van der Waals surface area contributed by atoms with Crippen LogP contribution in [-0.2, 0) is 9.84 Å². The van der Waals surface area contributed by atoms with E-state index < -0.39 is 9.84 Å². The molecule has 84 valence electrons. The number of hydrogen-bond donors (Lipinski definition) is 2. The molecule has 0 aromatic carbocycles. The van der Waals surface area contributed by atoms with Gasteiger partial charge in [-0.1, -0.05) is 11.3 Å². The van der Waals surface area contributed by atoms with Gasteiger partial charge in [-0.2, -0.15) is 0 Å². The Labute approximate surface area is 92.6 Å². The maximum Gasteiger partial charge on any atom is 0.184 e. The zero-order valence-electron chi connectivity index (χ0n) is 8.14. The normalized spacial score (nSPS) is 21.3. The van der Waals surface area contributed by atoms with E-state index in [0.717, 1.165) is 5.13 Å². The van der Waals surface area contributed by atoms with Gasteiger partial charge < -0.3 is 11.1 Å². The molecule has 0 spiro atoms. The maximum atomic E-state index is 11.2. The third kappa shape index (κ3) is 2.82. The van der Waals surface area contributed by atoms with Gasteiger partial charge in [0, 0.05) is 6.04 Å². The Kier molecular flexibility index (Phi) is 2.83. The lowest BCUT2D eigenvalue weighted by Gasteiger charge is -2.22. The summed E-state index contributed by atoms with van der Waals surface area (Å²) in [6.45, 7) is 0. The van der Waals surface area contributed by atoms with Gasteiger partial charge in [0.2, 0.25) is 0 Å². The number of hydrogen-bond acceptors (Lipinski definition) is 6. The molecular formula is C8H13N3O2S2. The highest BCUT2D eigenvalue weighted by molar-refractivity contribution is 7.91. The van der Waals surface area contributed by atoms with Gasteiger partial charge in [-0.15, -0.1) is 0 Å². The number of nitrogens with one attached hydrogen (secondary N) is 1. The summed E-state index contributed by atoms with van der Waals surface area (Å²) < 4.78 is 22.4. The fourth-order valence-electron chi connectivity index (χ4n) is 1.56. The highest BCUT2D eigenvalue weighted by Crippen LogP contribution is 2.23. The highest BCUT2D eigenvalue weighted by Gasteiger charge is 2.23. The fourth-order valence-corrected chi connectivity index (χ4v) is 3.71. The first kappa shape index (κ1) is 10.7. The zero-order chi connectivity index (χ0) is 10.9. The van der Waals surface area contributed by atoms with Gasteiger partial charge in [-0.05, 0) is 12.8 Å². The number of aromatic nitrogens is 1. The van der Waals surface area contributed by atoms with Crippen LogP contribution in [0.5, 0.6) is 0 Å². The zero-order valence-corrected chi connectivity index (χ0v) is 9.77. The molecule has 15 heavy (non-hydrogen) atoms. The first-order valence-corrected chi connectivity index (χ1v) is 7.37. The number of nitrogens with zero attached hydrogens (tertiary/aromatic N) is 1. The van der Waals surface area contributed by atoms with Crippen LogP contribution < -0.4 is 11.1 Å². The standard InChI is InChI=1S/C8H13N3O2S2/c9-7-5-10-8(14-7)11-6-1-3-15(12,13)4-2-6/h5-6H,1-4,9H2,(H,10,11). The largest absolute Gasteiger partial charge is 0.389 e. The first-order valence-electron chi connectivity index (χ1n) is 4.73. The molecule has 1 saturated heterocycles. The minimum absolute atomic E-state index is 0.207. The molecule has 0 unspecified atom stereocenters. The topological polar surface area (TPSA) is 85.1 Å². The van der Waals surface area contributed by atoms with Crippen molar-refractivity contribution < 1.29 is 8.42 Å². The molecule has 0 radical (unpaired) electrons. The quantitative estimate of drug-likeness (QED) is 0.804. The Morgan fingerprint density at radius 1 is 1.47 bits per heavy atom. The number of anilines is 2. The second-order valence-corrected chi connectivity index (χ2v) is 7.00. The molecule has 0 aliphatic carbocycles. The van der Waals surface area contributed by atoms with Crippen molar-refractivity contribution in [2.24, 2.45) is 0 Å². The predicted molar refractivity (Wildman–Crippen MR) is 61.8 cm³/mol. The summed E-state index contributed by atoms with van der Waals surface area (Å²) in [7, 11) is -2.78. The van der Waals surface area contributed by atoms with Crippen molar-refractivity contribution in [3.8, 4) is 0 Å². The molecule has 2 rings (SSSR count). The highest BCUT2D eigenvalue weighted by atomic mass is 32.2. The third-order valence-electron chi connectivity index (χ3n) is 2.41. The summed E-state index contributed by atoms with van der Waals surface area (Å²) >= 11 is 1.39. The van der Waals surface area contributed by atoms with Gasteiger partial charge in [0.1, 0.15) is 14.8 Å². The lowest BCUT2D eigenvalue weighted by atomic mass is 10.2. The van der Waals surface area contributed by atoms with Crippen molar-refractivity contribution in [3.05, 3.63) is 6.20 Å². The third-order valence-corrected chi connectivity index (χ3v) is 4.88. The Morgan fingerprint density at radius 3 is 2.67 bits per heavy atom. The summed E-state index contributed by atoms with van der Waals surface area (Å²) in [4.78, 5) is 4.08. The van der Waals surface area contributed by atoms with E-state index in [0.29, 0.717) is 17.8 Å². The van der Waals surface area contributed by atoms with E-state index in [2.05, 4.69) is 10.3 Å². The average Bonchev–Trinajstić information content (AvgIpc) is 2.55. The molecule has 2 heterocycles. The van der Waals surface area contributed by atoms with Crippen LogP contribution in [-0.4, -0.2) is 30.9 Å². The van der Waals surface area contributed by atoms with E-state index >= 15 is 0 Å². The van der Waals surface area contributed by atoms with Crippen LogP contribution in [0.25, 0.3) is 0 Å². The van der Waals surface area contributed by atoms with E-state index in [9.17, 15) is 8.42 Å². The smallest absolute Gasteiger partial charge is 0.184 e. The lowest BCUT2D eigenvalue weighted by Crippen LogP contribution is -2.32. The Hall–Kier alpha value is -0.820. The van der Waals surface area contributed by atoms with Gasteiger partial charge >= 0.3 is 0 Å². The van der Waals surface area contributed by atoms with E-state index in [1.807, 2.05) is 0 Å². The maximum absolute atomic E-state index is 11.2. The molecule has 1 aromatic rings. The molecule has 0 amide bonds. The lowest BCUT2D eigenvalue weighted by molar-refractivity contribution is 0.559. The van der Waals surface area contributed by atoms with Crippen LogP contribution in [0.3, 0.4) is 0 Å². The van der Waals surface area contributed by atoms with E-state index in [-0.39, 0.29) is 17.5 Å². The van der Waals surface area contributed by atoms with Gasteiger partial charge in [0.05, 0.1) is 17.7 Å². The Balaban J connectivity index is 1.92. The van der Waals surface area contributed by atoms with Crippen molar-refractivity contribution in [1.82, 2.24) is 4.98 Å². The Bertz CT molecular complexity index is 426. The van der Waals surface area contributed by atoms with Crippen LogP contribution in [0.15, 0.2) is 6.20 Å². The molecule has 1 aromatic heterocycles. The number of rotatable bonds is 2. The number of nitrogen functional groups attached to an aromatic ring is 1. The molecule has 1 aliphatic heterocycles. The van der Waals surface area contributed by atoms with Crippen molar-refractivity contribution in [2.45, 2.75) is 18.9 Å². The molecular weight excluding hydrogens is 234 g/mol. The van der Waals surface area contributed by atoms with E-state index in [1.54, 1.807) is 6.20 Å². The van der Waals surface area contributed by atoms with Crippen LogP contribution >= 0.6 is 11.3 Å². The summed E-state index contributed by atoms with van der Waals surface area (Å²) in [5.74, 6) is 0.539. The molecule has 5 nitrogen and oxygen atoms in total. The van der Waals surface area contributed by atoms with Gasteiger partial charge in [-0.25, -0.2) is 13.4 Å². The summed E-state index contributed by atoms with van der Waals surface area (Å²) in [5.41, 5.74) is 5.55. The van der Waals surface area contributed by atoms with Crippen LogP contribution in [0.2, 0.25) is 0 Å². The monoisotopic (exact) mass is 247 g/mol. The van der Waals surface area contributed by atoms with Crippen molar-refractivity contribution in [2.75, 3.05) is 22.6 Å². The molecule has 1 fully saturated rings. The van der Waals surface area contributed by atoms with Crippen molar-refractivity contribution >= 4 is 31.3 Å². The van der Waals surface area contributed by atoms with Gasteiger partial charge in [-0.3, -0.25) is 0 Å². The molecule has 0 bridgehead atoms. The average molecular weight is 247 g/mol. The molecule has 0 atom stereocenters. The van der Waals surface area contributed by atoms with Crippen molar-refractivity contribution in [3.63, 3.8) is 0 Å². The Morgan fingerprint density at radius 2 is 2.13 bits per heavy atom. The molecule has 1 aliphatic rings. The minimum Gasteiger partial charge on any atom is -0.389 e. The summed E-state index contributed by atoms with van der Waals surface area (Å²) in [5, 5.41) is 4.64. The number of nitrogens with two attached hydrogens (primary N) is 1. The number of thiazole rings is 1.